The lowest BCUT2D eigenvalue weighted by atomic mass is 10.1. The molecule has 1 heterocycles. The van der Waals surface area contributed by atoms with E-state index in [9.17, 15) is 9.90 Å². The summed E-state index contributed by atoms with van der Waals surface area (Å²) in [5.41, 5.74) is 1.24. The summed E-state index contributed by atoms with van der Waals surface area (Å²) in [5.74, 6) is -0.284. The van der Waals surface area contributed by atoms with Crippen LogP contribution < -0.4 is 5.32 Å². The number of benzene rings is 1. The Morgan fingerprint density at radius 2 is 2.18 bits per heavy atom. The number of hydrogen-bond acceptors (Lipinski definition) is 4. The van der Waals surface area contributed by atoms with Crippen LogP contribution in [0.3, 0.4) is 0 Å². The molecule has 0 aliphatic heterocycles. The first-order valence-electron chi connectivity index (χ1n) is 6.83. The molecule has 0 saturated carbocycles. The fraction of sp³-hybridized carbons (Fsp3) is 0.333. The topological polar surface area (TPSA) is 76.4 Å². The number of amides is 1. The van der Waals surface area contributed by atoms with E-state index >= 15 is 0 Å². The van der Waals surface area contributed by atoms with Crippen LogP contribution >= 0.6 is 11.6 Å². The van der Waals surface area contributed by atoms with Gasteiger partial charge in [0.15, 0.2) is 0 Å². The zero-order chi connectivity index (χ0) is 15.9. The van der Waals surface area contributed by atoms with E-state index in [1.807, 2.05) is 0 Å². The van der Waals surface area contributed by atoms with Gasteiger partial charge in [0.25, 0.3) is 0 Å². The maximum atomic E-state index is 11.9. The van der Waals surface area contributed by atoms with Crippen LogP contribution in [0.4, 0.5) is 5.69 Å². The average molecular weight is 324 g/mol. The Balaban J connectivity index is 1.86. The van der Waals surface area contributed by atoms with Gasteiger partial charge >= 0.3 is 0 Å². The fourth-order valence-electron chi connectivity index (χ4n) is 1.93. The largest absolute Gasteiger partial charge is 0.388 e. The average Bonchev–Trinajstić information content (AvgIpc) is 2.93. The Morgan fingerprint density at radius 3 is 2.86 bits per heavy atom. The van der Waals surface area contributed by atoms with Crippen LogP contribution in [0.2, 0.25) is 5.02 Å². The third-order valence-electron chi connectivity index (χ3n) is 3.08. The molecule has 6 nitrogen and oxygen atoms in total. The highest BCUT2D eigenvalue weighted by Gasteiger charge is 2.13. The van der Waals surface area contributed by atoms with E-state index in [2.05, 4.69) is 10.4 Å². The van der Waals surface area contributed by atoms with Crippen LogP contribution in [-0.2, 0) is 16.1 Å². The Bertz CT molecular complexity index is 613. The van der Waals surface area contributed by atoms with Crippen molar-refractivity contribution in [2.75, 3.05) is 19.0 Å². The van der Waals surface area contributed by atoms with Crippen LogP contribution in [0, 0.1) is 0 Å². The molecule has 1 unspecified atom stereocenters. The second kappa shape index (κ2) is 7.93. The van der Waals surface area contributed by atoms with Crippen molar-refractivity contribution in [2.45, 2.75) is 19.1 Å². The molecule has 0 spiro atoms. The van der Waals surface area contributed by atoms with Crippen LogP contribution in [0.15, 0.2) is 36.7 Å². The molecule has 0 bridgehead atoms. The van der Waals surface area contributed by atoms with E-state index in [0.29, 0.717) is 29.4 Å². The minimum atomic E-state index is -0.874. The predicted molar refractivity (Wildman–Crippen MR) is 83.8 cm³/mol. The number of halogens is 1. The molecule has 7 heteroatoms. The van der Waals surface area contributed by atoms with Crippen molar-refractivity contribution in [3.05, 3.63) is 47.2 Å². The molecule has 2 rings (SSSR count). The molecule has 1 amide bonds. The summed E-state index contributed by atoms with van der Waals surface area (Å²) < 4.78 is 6.63. The number of aliphatic hydroxyl groups excluding tert-OH is 1. The van der Waals surface area contributed by atoms with Crippen LogP contribution in [0.1, 0.15) is 18.1 Å². The molecule has 2 aromatic rings. The molecule has 0 saturated heterocycles. The van der Waals surface area contributed by atoms with Gasteiger partial charge in [0.05, 0.1) is 37.6 Å². The number of ether oxygens (including phenoxy) is 1. The van der Waals surface area contributed by atoms with E-state index in [1.54, 1.807) is 48.5 Å². The molecular weight excluding hydrogens is 306 g/mol. The lowest BCUT2D eigenvalue weighted by molar-refractivity contribution is -0.118. The van der Waals surface area contributed by atoms with Crippen molar-refractivity contribution in [1.82, 2.24) is 9.78 Å². The molecular formula is C15H18ClN3O3. The summed E-state index contributed by atoms with van der Waals surface area (Å²) in [7, 11) is 1.62. The molecule has 0 fully saturated rings. The smallest absolute Gasteiger partial charge is 0.227 e. The number of aromatic nitrogens is 2. The van der Waals surface area contributed by atoms with E-state index in [0.717, 1.165) is 0 Å². The highest BCUT2D eigenvalue weighted by molar-refractivity contribution is 6.30. The predicted octanol–water partition coefficient (Wildman–Crippen LogP) is 2.25. The molecule has 1 atom stereocenters. The number of rotatable bonds is 7. The van der Waals surface area contributed by atoms with Crippen molar-refractivity contribution in [2.24, 2.45) is 0 Å². The van der Waals surface area contributed by atoms with Gasteiger partial charge in [0.2, 0.25) is 5.91 Å². The van der Waals surface area contributed by atoms with Crippen LogP contribution in [-0.4, -0.2) is 34.5 Å². The van der Waals surface area contributed by atoms with E-state index < -0.39 is 6.10 Å². The van der Waals surface area contributed by atoms with Gasteiger partial charge in [-0.25, -0.2) is 0 Å². The quantitative estimate of drug-likeness (QED) is 0.819. The summed E-state index contributed by atoms with van der Waals surface area (Å²) in [6, 6.07) is 6.75. The fourth-order valence-corrected chi connectivity index (χ4v) is 2.05. The Kier molecular flexibility index (Phi) is 5.94. The molecule has 0 radical (unpaired) electrons. The third-order valence-corrected chi connectivity index (χ3v) is 3.33. The summed E-state index contributed by atoms with van der Waals surface area (Å²) in [5, 5.41) is 17.4. The zero-order valence-electron chi connectivity index (χ0n) is 12.2. The molecule has 22 heavy (non-hydrogen) atoms. The van der Waals surface area contributed by atoms with Gasteiger partial charge < -0.3 is 15.2 Å². The van der Waals surface area contributed by atoms with Crippen molar-refractivity contribution in [3.8, 4) is 0 Å². The second-order valence-electron chi connectivity index (χ2n) is 4.80. The lowest BCUT2D eigenvalue weighted by Gasteiger charge is -2.10. The number of anilines is 1. The first-order valence-corrected chi connectivity index (χ1v) is 7.21. The van der Waals surface area contributed by atoms with Crippen molar-refractivity contribution in [3.63, 3.8) is 0 Å². The monoisotopic (exact) mass is 323 g/mol. The van der Waals surface area contributed by atoms with Gasteiger partial charge in [0.1, 0.15) is 0 Å². The maximum absolute atomic E-state index is 11.9. The number of hydrogen-bond donors (Lipinski definition) is 2. The van der Waals surface area contributed by atoms with Crippen LogP contribution in [0.5, 0.6) is 0 Å². The van der Waals surface area contributed by atoms with Gasteiger partial charge in [-0.05, 0) is 17.7 Å². The summed E-state index contributed by atoms with van der Waals surface area (Å²) in [6.07, 6.45) is 2.36. The van der Waals surface area contributed by atoms with Gasteiger partial charge in [-0.3, -0.25) is 9.48 Å². The summed E-state index contributed by atoms with van der Waals surface area (Å²) in [6.45, 7) is 1.16. The Labute approximate surface area is 133 Å². The standard InChI is InChI=1S/C15H18ClN3O3/c1-22-7-6-19-10-13(9-17-19)18-15(21)8-14(20)11-2-4-12(16)5-3-11/h2-5,9-10,14,20H,6-8H2,1H3,(H,18,21). The van der Waals surface area contributed by atoms with Crippen LogP contribution in [0.25, 0.3) is 0 Å². The number of methoxy groups -OCH3 is 1. The van der Waals surface area contributed by atoms with Crippen molar-refractivity contribution < 1.29 is 14.6 Å². The highest BCUT2D eigenvalue weighted by Crippen LogP contribution is 2.19. The first kappa shape index (κ1) is 16.5. The molecule has 1 aromatic carbocycles. The first-order chi connectivity index (χ1) is 10.6. The van der Waals surface area contributed by atoms with E-state index in [-0.39, 0.29) is 12.3 Å². The van der Waals surface area contributed by atoms with E-state index in [4.69, 9.17) is 16.3 Å². The number of carbonyl (C=O) groups excluding carboxylic acids is 1. The normalized spacial score (nSPS) is 12.1. The minimum Gasteiger partial charge on any atom is -0.388 e. The zero-order valence-corrected chi connectivity index (χ0v) is 13.0. The maximum Gasteiger partial charge on any atom is 0.227 e. The number of aliphatic hydroxyl groups is 1. The summed E-state index contributed by atoms with van der Waals surface area (Å²) >= 11 is 5.79. The SMILES string of the molecule is COCCn1cc(NC(=O)CC(O)c2ccc(Cl)cc2)cn1. The summed E-state index contributed by atoms with van der Waals surface area (Å²) in [4.78, 5) is 11.9. The van der Waals surface area contributed by atoms with Crippen molar-refractivity contribution >= 4 is 23.2 Å². The number of carbonyl (C=O) groups is 1. The van der Waals surface area contributed by atoms with Gasteiger partial charge in [-0.1, -0.05) is 23.7 Å². The Hall–Kier alpha value is -1.89. The lowest BCUT2D eigenvalue weighted by Crippen LogP contribution is -2.15. The number of nitrogens with zero attached hydrogens (tertiary/aromatic N) is 2. The molecule has 1 aromatic heterocycles. The van der Waals surface area contributed by atoms with Gasteiger partial charge in [-0.15, -0.1) is 0 Å². The molecule has 0 aliphatic carbocycles. The van der Waals surface area contributed by atoms with Gasteiger partial charge in [0, 0.05) is 18.3 Å². The Morgan fingerprint density at radius 1 is 1.45 bits per heavy atom. The highest BCUT2D eigenvalue weighted by atomic mass is 35.5. The molecule has 2 N–H and O–H groups in total. The third kappa shape index (κ3) is 4.84. The minimum absolute atomic E-state index is 0.0368. The second-order valence-corrected chi connectivity index (χ2v) is 5.24. The van der Waals surface area contributed by atoms with Gasteiger partial charge in [-0.2, -0.15) is 5.10 Å². The van der Waals surface area contributed by atoms with E-state index in [1.165, 1.54) is 0 Å². The molecule has 0 aliphatic rings. The number of nitrogens with one attached hydrogen (secondary N) is 1. The van der Waals surface area contributed by atoms with Crippen molar-refractivity contribution in [1.29, 1.82) is 0 Å². The molecule has 118 valence electrons.